The number of hydrogen-bond donors (Lipinski definition) is 1. The van der Waals surface area contributed by atoms with Gasteiger partial charge in [0.25, 0.3) is 0 Å². The summed E-state index contributed by atoms with van der Waals surface area (Å²) in [6.45, 7) is 3.95. The summed E-state index contributed by atoms with van der Waals surface area (Å²) in [4.78, 5) is 12.5. The molecule has 0 atom stereocenters. The second-order valence-corrected chi connectivity index (χ2v) is 7.67. The lowest BCUT2D eigenvalue weighted by molar-refractivity contribution is 0.0597. The van der Waals surface area contributed by atoms with Crippen molar-refractivity contribution in [2.24, 2.45) is 0 Å². The van der Waals surface area contributed by atoms with Gasteiger partial charge in [0.15, 0.2) is 0 Å². The average molecular weight is 429 g/mol. The first-order valence-corrected chi connectivity index (χ1v) is 10.4. The molecule has 32 heavy (non-hydrogen) atoms. The van der Waals surface area contributed by atoms with Crippen LogP contribution in [0, 0.1) is 0 Å². The molecule has 0 amide bonds. The minimum atomic E-state index is -0.595. The van der Waals surface area contributed by atoms with Gasteiger partial charge in [-0.25, -0.2) is 4.79 Å². The van der Waals surface area contributed by atoms with Crippen molar-refractivity contribution >= 4 is 18.1 Å². The molecule has 0 saturated heterocycles. The van der Waals surface area contributed by atoms with Crippen molar-refractivity contribution in [1.29, 1.82) is 0 Å². The monoisotopic (exact) mass is 428 g/mol. The molecule has 164 valence electrons. The summed E-state index contributed by atoms with van der Waals surface area (Å²) in [5.74, 6) is -0.192. The highest BCUT2D eigenvalue weighted by Crippen LogP contribution is 2.36. The number of rotatable bonds is 7. The van der Waals surface area contributed by atoms with E-state index in [4.69, 9.17) is 9.47 Å². The molecule has 0 aliphatic carbocycles. The number of aromatic hydroxyl groups is 1. The van der Waals surface area contributed by atoms with Crippen LogP contribution in [0.25, 0.3) is 23.3 Å². The zero-order valence-corrected chi connectivity index (χ0v) is 18.9. The first kappa shape index (κ1) is 22.9. The molecule has 1 N–H and O–H groups in total. The van der Waals surface area contributed by atoms with Crippen molar-refractivity contribution in [2.75, 3.05) is 14.2 Å². The number of ether oxygens (including phenoxy) is 2. The van der Waals surface area contributed by atoms with Gasteiger partial charge in [0.1, 0.15) is 17.1 Å². The van der Waals surface area contributed by atoms with E-state index in [-0.39, 0.29) is 11.3 Å². The molecule has 3 rings (SSSR count). The molecule has 0 fully saturated rings. The molecular formula is C28H28O4. The summed E-state index contributed by atoms with van der Waals surface area (Å²) in [7, 11) is 2.85. The third kappa shape index (κ3) is 5.27. The number of esters is 1. The van der Waals surface area contributed by atoms with Crippen LogP contribution in [0.1, 0.15) is 40.9 Å². The average Bonchev–Trinajstić information content (AvgIpc) is 2.82. The fourth-order valence-corrected chi connectivity index (χ4v) is 3.44. The Hall–Kier alpha value is -3.79. The lowest BCUT2D eigenvalue weighted by Crippen LogP contribution is -2.07. The summed E-state index contributed by atoms with van der Waals surface area (Å²) in [6, 6.07) is 20.0. The van der Waals surface area contributed by atoms with Gasteiger partial charge in [0.2, 0.25) is 0 Å². The Bertz CT molecular complexity index is 1140. The quantitative estimate of drug-likeness (QED) is 0.264. The first-order valence-electron chi connectivity index (χ1n) is 10.4. The first-order chi connectivity index (χ1) is 15.4. The molecule has 3 aromatic rings. The summed E-state index contributed by atoms with van der Waals surface area (Å²) >= 11 is 0. The second kappa shape index (κ2) is 10.5. The highest BCUT2D eigenvalue weighted by atomic mass is 16.5. The number of carbonyl (C=O) groups excluding carboxylic acids is 1. The minimum absolute atomic E-state index is 0.118. The second-order valence-electron chi connectivity index (χ2n) is 7.67. The van der Waals surface area contributed by atoms with E-state index < -0.39 is 5.97 Å². The van der Waals surface area contributed by atoms with Crippen molar-refractivity contribution in [3.63, 3.8) is 0 Å². The molecule has 0 aliphatic rings. The van der Waals surface area contributed by atoms with Gasteiger partial charge in [-0.1, -0.05) is 78.4 Å². The van der Waals surface area contributed by atoms with E-state index >= 15 is 0 Å². The fourth-order valence-electron chi connectivity index (χ4n) is 3.44. The van der Waals surface area contributed by atoms with E-state index in [1.807, 2.05) is 56.3 Å². The molecule has 0 saturated carbocycles. The Morgan fingerprint density at radius 2 is 1.59 bits per heavy atom. The summed E-state index contributed by atoms with van der Waals surface area (Å²) in [5.41, 5.74) is 5.56. The molecule has 0 spiro atoms. The number of hydrogen-bond acceptors (Lipinski definition) is 4. The van der Waals surface area contributed by atoms with Gasteiger partial charge in [-0.15, -0.1) is 0 Å². The van der Waals surface area contributed by atoms with Crippen LogP contribution >= 0.6 is 0 Å². The van der Waals surface area contributed by atoms with E-state index in [9.17, 15) is 9.90 Å². The van der Waals surface area contributed by atoms with Crippen LogP contribution in [-0.2, 0) is 11.2 Å². The smallest absolute Gasteiger partial charge is 0.342 e. The predicted molar refractivity (Wildman–Crippen MR) is 130 cm³/mol. The molecular weight excluding hydrogens is 400 g/mol. The highest BCUT2D eigenvalue weighted by molar-refractivity contribution is 5.98. The molecule has 0 radical (unpaired) electrons. The molecule has 0 unspecified atom stereocenters. The van der Waals surface area contributed by atoms with Crippen LogP contribution in [0.15, 0.2) is 72.3 Å². The normalized spacial score (nSPS) is 10.8. The van der Waals surface area contributed by atoms with Crippen LogP contribution in [0.4, 0.5) is 0 Å². The topological polar surface area (TPSA) is 55.8 Å². The number of phenolic OH excluding ortho intramolecular Hbond substituents is 1. The number of benzene rings is 3. The van der Waals surface area contributed by atoms with Crippen LogP contribution in [0.3, 0.4) is 0 Å². The summed E-state index contributed by atoms with van der Waals surface area (Å²) < 4.78 is 10.4. The third-order valence-corrected chi connectivity index (χ3v) is 5.19. The van der Waals surface area contributed by atoms with Crippen molar-refractivity contribution in [3.8, 4) is 22.6 Å². The van der Waals surface area contributed by atoms with Crippen LogP contribution in [0.5, 0.6) is 11.5 Å². The molecule has 4 nitrogen and oxygen atoms in total. The Balaban J connectivity index is 1.99. The van der Waals surface area contributed by atoms with E-state index in [1.54, 1.807) is 19.3 Å². The lowest BCUT2D eigenvalue weighted by atomic mass is 9.97. The Morgan fingerprint density at radius 3 is 2.19 bits per heavy atom. The maximum Gasteiger partial charge on any atom is 0.342 e. The van der Waals surface area contributed by atoms with Gasteiger partial charge in [-0.2, -0.15) is 0 Å². The van der Waals surface area contributed by atoms with Crippen molar-refractivity contribution in [2.45, 2.75) is 20.3 Å². The Labute approximate surface area is 189 Å². The highest BCUT2D eigenvalue weighted by Gasteiger charge is 2.22. The standard InChI is InChI=1S/C28H28O4/c1-19(2)10-17-24-25(31-3)18-23(26(27(24)29)28(30)32-4)16-13-20-11-14-22(15-12-20)21-8-6-5-7-9-21/h5-16,18,29H,17H2,1-4H3/b16-13+. The van der Waals surface area contributed by atoms with Crippen molar-refractivity contribution in [3.05, 3.63) is 94.6 Å². The van der Waals surface area contributed by atoms with Crippen molar-refractivity contribution in [1.82, 2.24) is 0 Å². The van der Waals surface area contributed by atoms with Gasteiger partial charge in [0, 0.05) is 5.56 Å². The van der Waals surface area contributed by atoms with E-state index in [1.165, 1.54) is 7.11 Å². The third-order valence-electron chi connectivity index (χ3n) is 5.19. The number of carbonyl (C=O) groups is 1. The molecule has 3 aromatic carbocycles. The molecule has 4 heteroatoms. The van der Waals surface area contributed by atoms with Gasteiger partial charge in [-0.3, -0.25) is 0 Å². The van der Waals surface area contributed by atoms with Crippen LogP contribution in [0.2, 0.25) is 0 Å². The van der Waals surface area contributed by atoms with Gasteiger partial charge in [0.05, 0.1) is 14.2 Å². The largest absolute Gasteiger partial charge is 0.507 e. The molecule has 0 aliphatic heterocycles. The van der Waals surface area contributed by atoms with E-state index in [0.29, 0.717) is 23.3 Å². The maximum absolute atomic E-state index is 12.5. The summed E-state index contributed by atoms with van der Waals surface area (Å²) in [6.07, 6.45) is 6.11. The summed E-state index contributed by atoms with van der Waals surface area (Å²) in [5, 5.41) is 10.9. The van der Waals surface area contributed by atoms with Gasteiger partial charge >= 0.3 is 5.97 Å². The molecule has 0 bridgehead atoms. The minimum Gasteiger partial charge on any atom is -0.507 e. The van der Waals surface area contributed by atoms with Crippen LogP contribution < -0.4 is 4.74 Å². The van der Waals surface area contributed by atoms with E-state index in [2.05, 4.69) is 24.3 Å². The Morgan fingerprint density at radius 1 is 0.938 bits per heavy atom. The SMILES string of the molecule is COC(=O)c1c(/C=C/c2ccc(-c3ccccc3)cc2)cc(OC)c(CC=C(C)C)c1O. The maximum atomic E-state index is 12.5. The molecule has 0 heterocycles. The van der Waals surface area contributed by atoms with Gasteiger partial charge < -0.3 is 14.6 Å². The fraction of sp³-hybridized carbons (Fsp3) is 0.179. The Kier molecular flexibility index (Phi) is 7.50. The zero-order valence-electron chi connectivity index (χ0n) is 18.9. The van der Waals surface area contributed by atoms with Crippen LogP contribution in [-0.4, -0.2) is 25.3 Å². The van der Waals surface area contributed by atoms with Gasteiger partial charge in [-0.05, 0) is 48.6 Å². The number of methoxy groups -OCH3 is 2. The van der Waals surface area contributed by atoms with Crippen molar-refractivity contribution < 1.29 is 19.4 Å². The number of phenols is 1. The zero-order chi connectivity index (χ0) is 23.1. The predicted octanol–water partition coefficient (Wildman–Crippen LogP) is 6.53. The molecule has 0 aromatic heterocycles. The lowest BCUT2D eigenvalue weighted by Gasteiger charge is -2.15. The number of allylic oxidation sites excluding steroid dienone is 2. The van der Waals surface area contributed by atoms with E-state index in [0.717, 1.165) is 22.3 Å².